The molecule has 6 nitrogen and oxygen atoms in total. The molecule has 0 aliphatic carbocycles. The van der Waals surface area contributed by atoms with E-state index in [1.54, 1.807) is 47.8 Å². The number of hydrogen-bond donors (Lipinski definition) is 0. The number of para-hydroxylation sites is 1. The lowest BCUT2D eigenvalue weighted by Crippen LogP contribution is -2.37. The molecule has 2 aromatic carbocycles. The molecule has 2 fully saturated rings. The summed E-state index contributed by atoms with van der Waals surface area (Å²) in [6.07, 6.45) is -0.860. The average Bonchev–Trinajstić information content (AvgIpc) is 3.46. The van der Waals surface area contributed by atoms with Crippen molar-refractivity contribution in [2.45, 2.75) is 12.1 Å². The molecule has 2 saturated heterocycles. The van der Waals surface area contributed by atoms with Gasteiger partial charge in [-0.05, 0) is 35.7 Å². The number of methoxy groups -OCH3 is 1. The molecule has 3 aromatic rings. The SMILES string of the molecule is COc1cccc(N2C(=O)[C@H]3[C@H](ON(c4ccccc4)[C@H]3c3cccs3)C2=O)c1. The summed E-state index contributed by atoms with van der Waals surface area (Å²) >= 11 is 1.55. The molecule has 2 aliphatic heterocycles. The van der Waals surface area contributed by atoms with E-state index in [4.69, 9.17) is 9.57 Å². The Morgan fingerprint density at radius 3 is 2.45 bits per heavy atom. The Balaban J connectivity index is 1.56. The number of rotatable bonds is 4. The maximum atomic E-state index is 13.4. The number of imide groups is 1. The molecule has 3 atom stereocenters. The molecule has 2 amide bonds. The van der Waals surface area contributed by atoms with Gasteiger partial charge >= 0.3 is 0 Å². The number of fused-ring (bicyclic) bond motifs is 1. The molecule has 0 spiro atoms. The van der Waals surface area contributed by atoms with Crippen molar-refractivity contribution in [1.82, 2.24) is 0 Å². The highest BCUT2D eigenvalue weighted by molar-refractivity contribution is 7.10. The molecule has 0 N–H and O–H groups in total. The van der Waals surface area contributed by atoms with Gasteiger partial charge in [-0.25, -0.2) is 9.96 Å². The maximum Gasteiger partial charge on any atom is 0.266 e. The topological polar surface area (TPSA) is 59.1 Å². The maximum absolute atomic E-state index is 13.4. The molecule has 7 heteroatoms. The van der Waals surface area contributed by atoms with Gasteiger partial charge in [0.25, 0.3) is 5.91 Å². The Morgan fingerprint density at radius 1 is 0.931 bits per heavy atom. The minimum absolute atomic E-state index is 0.259. The summed E-state index contributed by atoms with van der Waals surface area (Å²) in [5, 5.41) is 3.67. The van der Waals surface area contributed by atoms with Crippen LogP contribution in [0, 0.1) is 5.92 Å². The number of nitrogens with zero attached hydrogens (tertiary/aromatic N) is 2. The van der Waals surface area contributed by atoms with Crippen molar-refractivity contribution >= 4 is 34.5 Å². The van der Waals surface area contributed by atoms with Gasteiger partial charge in [-0.2, -0.15) is 0 Å². The average molecular weight is 406 g/mol. The molecule has 1 aromatic heterocycles. The number of hydroxylamine groups is 1. The normalized spacial score (nSPS) is 23.6. The van der Waals surface area contributed by atoms with E-state index < -0.39 is 12.0 Å². The van der Waals surface area contributed by atoms with E-state index in [9.17, 15) is 9.59 Å². The van der Waals surface area contributed by atoms with Crippen LogP contribution in [0.25, 0.3) is 0 Å². The summed E-state index contributed by atoms with van der Waals surface area (Å²) in [5.74, 6) is -0.646. The van der Waals surface area contributed by atoms with Crippen LogP contribution < -0.4 is 14.7 Å². The highest BCUT2D eigenvalue weighted by Gasteiger charge is 2.60. The summed E-state index contributed by atoms with van der Waals surface area (Å²) in [6, 6.07) is 20.1. The van der Waals surface area contributed by atoms with Gasteiger partial charge in [0.1, 0.15) is 17.7 Å². The zero-order chi connectivity index (χ0) is 20.0. The van der Waals surface area contributed by atoms with Crippen LogP contribution in [0.3, 0.4) is 0 Å². The van der Waals surface area contributed by atoms with Crippen LogP contribution in [0.2, 0.25) is 0 Å². The molecule has 0 unspecified atom stereocenters. The number of carbonyl (C=O) groups excluding carboxylic acids is 2. The van der Waals surface area contributed by atoms with Crippen molar-refractivity contribution in [2.75, 3.05) is 17.1 Å². The van der Waals surface area contributed by atoms with Crippen LogP contribution in [0.1, 0.15) is 10.9 Å². The van der Waals surface area contributed by atoms with E-state index in [0.717, 1.165) is 10.6 Å². The van der Waals surface area contributed by atoms with E-state index >= 15 is 0 Å². The predicted molar refractivity (Wildman–Crippen MR) is 110 cm³/mol. The number of hydrogen-bond acceptors (Lipinski definition) is 6. The fraction of sp³-hybridized carbons (Fsp3) is 0.182. The van der Waals surface area contributed by atoms with Gasteiger partial charge in [0.15, 0.2) is 6.10 Å². The van der Waals surface area contributed by atoms with Gasteiger partial charge in [-0.15, -0.1) is 11.3 Å². The quantitative estimate of drug-likeness (QED) is 0.617. The van der Waals surface area contributed by atoms with E-state index in [0.29, 0.717) is 11.4 Å². The Hall–Kier alpha value is -3.16. The predicted octanol–water partition coefficient (Wildman–Crippen LogP) is 3.81. The molecule has 0 bridgehead atoms. The van der Waals surface area contributed by atoms with Crippen molar-refractivity contribution in [2.24, 2.45) is 5.92 Å². The fourth-order valence-electron chi connectivity index (χ4n) is 3.97. The Labute approximate surface area is 171 Å². The van der Waals surface area contributed by atoms with Gasteiger partial charge in [0.05, 0.1) is 18.5 Å². The number of anilines is 2. The van der Waals surface area contributed by atoms with Crippen molar-refractivity contribution in [3.8, 4) is 5.75 Å². The third kappa shape index (κ3) is 2.82. The fourth-order valence-corrected chi connectivity index (χ4v) is 4.82. The standard InChI is InChI=1S/C22H18N2O4S/c1-27-16-10-5-9-15(13-16)23-21(25)18-19(17-11-6-12-29-17)24(28-20(18)22(23)26)14-7-3-2-4-8-14/h2-13,18-20H,1H3/t18-,19+,20+/m1/s1. The zero-order valence-corrected chi connectivity index (χ0v) is 16.4. The van der Waals surface area contributed by atoms with Crippen molar-refractivity contribution in [3.63, 3.8) is 0 Å². The van der Waals surface area contributed by atoms with Crippen LogP contribution in [0.5, 0.6) is 5.75 Å². The van der Waals surface area contributed by atoms with Gasteiger partial charge in [-0.1, -0.05) is 30.3 Å². The second-order valence-electron chi connectivity index (χ2n) is 6.89. The van der Waals surface area contributed by atoms with E-state index in [1.807, 2.05) is 47.8 Å². The van der Waals surface area contributed by atoms with Crippen molar-refractivity contribution < 1.29 is 19.2 Å². The summed E-state index contributed by atoms with van der Waals surface area (Å²) in [4.78, 5) is 34.9. The lowest BCUT2D eigenvalue weighted by atomic mass is 9.95. The molecular formula is C22H18N2O4S. The highest BCUT2D eigenvalue weighted by atomic mass is 32.1. The zero-order valence-electron chi connectivity index (χ0n) is 15.6. The molecule has 0 saturated carbocycles. The highest BCUT2D eigenvalue weighted by Crippen LogP contribution is 2.48. The molecule has 2 aliphatic rings. The van der Waals surface area contributed by atoms with Crippen LogP contribution in [0.4, 0.5) is 11.4 Å². The Kier molecular flexibility index (Phi) is 4.34. The van der Waals surface area contributed by atoms with E-state index in [1.165, 1.54) is 4.90 Å². The van der Waals surface area contributed by atoms with Gasteiger partial charge < -0.3 is 4.74 Å². The minimum Gasteiger partial charge on any atom is -0.497 e. The molecule has 3 heterocycles. The summed E-state index contributed by atoms with van der Waals surface area (Å²) < 4.78 is 5.25. The first-order valence-electron chi connectivity index (χ1n) is 9.25. The molecule has 146 valence electrons. The summed E-state index contributed by atoms with van der Waals surface area (Å²) in [7, 11) is 1.55. The van der Waals surface area contributed by atoms with Crippen molar-refractivity contribution in [1.29, 1.82) is 0 Å². The van der Waals surface area contributed by atoms with Crippen LogP contribution in [-0.2, 0) is 14.4 Å². The first kappa shape index (κ1) is 17.9. The van der Waals surface area contributed by atoms with Gasteiger partial charge in [-0.3, -0.25) is 14.4 Å². The second-order valence-corrected chi connectivity index (χ2v) is 7.87. The number of carbonyl (C=O) groups is 2. The van der Waals surface area contributed by atoms with Crippen LogP contribution >= 0.6 is 11.3 Å². The molecular weight excluding hydrogens is 388 g/mol. The third-order valence-corrected chi connectivity index (χ3v) is 6.22. The summed E-state index contributed by atoms with van der Waals surface area (Å²) in [6.45, 7) is 0. The lowest BCUT2D eigenvalue weighted by molar-refractivity contribution is -0.126. The van der Waals surface area contributed by atoms with E-state index in [2.05, 4.69) is 0 Å². The van der Waals surface area contributed by atoms with Crippen LogP contribution in [0.15, 0.2) is 72.1 Å². The second kappa shape index (κ2) is 7.02. The Bertz CT molecular complexity index is 1050. The van der Waals surface area contributed by atoms with Crippen LogP contribution in [-0.4, -0.2) is 25.0 Å². The van der Waals surface area contributed by atoms with E-state index in [-0.39, 0.29) is 17.9 Å². The lowest BCUT2D eigenvalue weighted by Gasteiger charge is -2.27. The molecule has 0 radical (unpaired) electrons. The van der Waals surface area contributed by atoms with Crippen molar-refractivity contribution in [3.05, 3.63) is 77.0 Å². The monoisotopic (exact) mass is 406 g/mol. The number of benzene rings is 2. The molecule has 29 heavy (non-hydrogen) atoms. The minimum atomic E-state index is -0.860. The van der Waals surface area contributed by atoms with Gasteiger partial charge in [0, 0.05) is 10.9 Å². The molecule has 5 rings (SSSR count). The Morgan fingerprint density at radius 2 is 1.72 bits per heavy atom. The third-order valence-electron chi connectivity index (χ3n) is 5.27. The largest absolute Gasteiger partial charge is 0.497 e. The first-order chi connectivity index (χ1) is 14.2. The number of amides is 2. The number of ether oxygens (including phenoxy) is 1. The first-order valence-corrected chi connectivity index (χ1v) is 10.1. The smallest absolute Gasteiger partial charge is 0.266 e. The number of thiophene rings is 1. The van der Waals surface area contributed by atoms with Gasteiger partial charge in [0.2, 0.25) is 5.91 Å². The summed E-state index contributed by atoms with van der Waals surface area (Å²) in [5.41, 5.74) is 1.31.